The monoisotopic (exact) mass is 327 g/mol. The van der Waals surface area contributed by atoms with Gasteiger partial charge in [-0.05, 0) is 37.1 Å². The Bertz CT molecular complexity index is 695. The second-order valence-electron chi connectivity index (χ2n) is 5.47. The summed E-state index contributed by atoms with van der Waals surface area (Å²) in [6, 6.07) is 14.4. The average Bonchev–Trinajstić information content (AvgIpc) is 2.58. The molecule has 0 fully saturated rings. The second kappa shape index (κ2) is 8.72. The molecule has 0 aliphatic heterocycles. The zero-order valence-electron chi connectivity index (χ0n) is 13.6. The zero-order chi connectivity index (χ0) is 17.4. The van der Waals surface area contributed by atoms with Crippen LogP contribution >= 0.6 is 0 Å². The lowest BCUT2D eigenvalue weighted by atomic mass is 10.0. The highest BCUT2D eigenvalue weighted by Crippen LogP contribution is 2.12. The van der Waals surface area contributed by atoms with Crippen LogP contribution in [0.15, 0.2) is 48.5 Å². The van der Waals surface area contributed by atoms with Gasteiger partial charge >= 0.3 is 5.97 Å². The quantitative estimate of drug-likeness (QED) is 0.731. The highest BCUT2D eigenvalue weighted by Gasteiger charge is 2.10. The van der Waals surface area contributed by atoms with Crippen LogP contribution in [-0.2, 0) is 11.2 Å². The maximum atomic E-state index is 11.8. The van der Waals surface area contributed by atoms with Gasteiger partial charge in [-0.25, -0.2) is 4.79 Å². The van der Waals surface area contributed by atoms with Crippen LogP contribution in [0.4, 0.5) is 0 Å². The standard InChI is InChI=1S/C19H21NO4/c1-14-6-9-16(10-7-14)24-13-12-20-18(21)11-8-15-4-2-3-5-17(15)19(22)23/h2-7,9-10H,8,11-13H2,1H3,(H,20,21)(H,22,23). The van der Waals surface area contributed by atoms with E-state index in [-0.39, 0.29) is 17.9 Å². The van der Waals surface area contributed by atoms with E-state index in [0.29, 0.717) is 25.1 Å². The Balaban J connectivity index is 1.70. The lowest BCUT2D eigenvalue weighted by molar-refractivity contribution is -0.121. The molecule has 5 heteroatoms. The van der Waals surface area contributed by atoms with Crippen LogP contribution in [0.25, 0.3) is 0 Å². The highest BCUT2D eigenvalue weighted by atomic mass is 16.5. The fourth-order valence-corrected chi connectivity index (χ4v) is 2.28. The number of nitrogens with one attached hydrogen (secondary N) is 1. The molecular weight excluding hydrogens is 306 g/mol. The van der Waals surface area contributed by atoms with Gasteiger partial charge < -0.3 is 15.2 Å². The molecule has 2 aromatic rings. The number of carboxylic acid groups (broad SMARTS) is 1. The molecule has 0 aromatic heterocycles. The number of carbonyl (C=O) groups is 2. The SMILES string of the molecule is Cc1ccc(OCCNC(=O)CCc2ccccc2C(=O)O)cc1. The molecule has 0 bridgehead atoms. The molecule has 2 aromatic carbocycles. The first kappa shape index (κ1) is 17.5. The summed E-state index contributed by atoms with van der Waals surface area (Å²) in [6.07, 6.45) is 0.641. The van der Waals surface area contributed by atoms with E-state index in [1.807, 2.05) is 31.2 Å². The van der Waals surface area contributed by atoms with Crippen molar-refractivity contribution in [1.29, 1.82) is 0 Å². The number of hydrogen-bond acceptors (Lipinski definition) is 3. The number of amides is 1. The Morgan fingerprint density at radius 3 is 2.50 bits per heavy atom. The number of carbonyl (C=O) groups excluding carboxylic acids is 1. The Hall–Kier alpha value is -2.82. The molecule has 0 saturated carbocycles. The normalized spacial score (nSPS) is 10.2. The van der Waals surface area contributed by atoms with Crippen molar-refractivity contribution < 1.29 is 19.4 Å². The minimum atomic E-state index is -0.975. The van der Waals surface area contributed by atoms with Crippen molar-refractivity contribution in [3.63, 3.8) is 0 Å². The Morgan fingerprint density at radius 2 is 1.79 bits per heavy atom. The van der Waals surface area contributed by atoms with Gasteiger partial charge in [0, 0.05) is 6.42 Å². The van der Waals surface area contributed by atoms with Crippen molar-refractivity contribution in [2.75, 3.05) is 13.2 Å². The molecule has 0 aliphatic rings. The fraction of sp³-hybridized carbons (Fsp3) is 0.263. The van der Waals surface area contributed by atoms with Crippen LogP contribution in [-0.4, -0.2) is 30.1 Å². The molecule has 126 valence electrons. The summed E-state index contributed by atoms with van der Waals surface area (Å²) in [5.41, 5.74) is 2.07. The van der Waals surface area contributed by atoms with E-state index < -0.39 is 5.97 Å². The summed E-state index contributed by atoms with van der Waals surface area (Å²) in [7, 11) is 0. The van der Waals surface area contributed by atoms with Gasteiger partial charge in [-0.3, -0.25) is 4.79 Å². The molecule has 0 atom stereocenters. The largest absolute Gasteiger partial charge is 0.492 e. The van der Waals surface area contributed by atoms with E-state index in [1.54, 1.807) is 24.3 Å². The van der Waals surface area contributed by atoms with E-state index in [9.17, 15) is 9.59 Å². The van der Waals surface area contributed by atoms with E-state index in [4.69, 9.17) is 9.84 Å². The van der Waals surface area contributed by atoms with Crippen LogP contribution in [0.3, 0.4) is 0 Å². The van der Waals surface area contributed by atoms with E-state index >= 15 is 0 Å². The summed E-state index contributed by atoms with van der Waals surface area (Å²) in [5.74, 6) is -0.328. The third-order valence-corrected chi connectivity index (χ3v) is 3.58. The summed E-state index contributed by atoms with van der Waals surface area (Å²) in [5, 5.41) is 11.9. The van der Waals surface area contributed by atoms with Gasteiger partial charge in [0.05, 0.1) is 12.1 Å². The van der Waals surface area contributed by atoms with Crippen LogP contribution in [0, 0.1) is 6.92 Å². The van der Waals surface area contributed by atoms with Gasteiger partial charge in [0.2, 0.25) is 5.91 Å². The minimum absolute atomic E-state index is 0.123. The molecule has 1 amide bonds. The smallest absolute Gasteiger partial charge is 0.335 e. The van der Waals surface area contributed by atoms with Crippen molar-refractivity contribution in [3.8, 4) is 5.75 Å². The first-order chi connectivity index (χ1) is 11.6. The predicted octanol–water partition coefficient (Wildman–Crippen LogP) is 2.82. The number of ether oxygens (including phenoxy) is 1. The number of rotatable bonds is 8. The summed E-state index contributed by atoms with van der Waals surface area (Å²) in [4.78, 5) is 23.0. The summed E-state index contributed by atoms with van der Waals surface area (Å²) >= 11 is 0. The van der Waals surface area contributed by atoms with Crippen LogP contribution in [0.1, 0.15) is 27.9 Å². The van der Waals surface area contributed by atoms with Gasteiger partial charge in [0.25, 0.3) is 0 Å². The molecule has 2 N–H and O–H groups in total. The number of carboxylic acids is 1. The highest BCUT2D eigenvalue weighted by molar-refractivity contribution is 5.89. The number of aromatic carboxylic acids is 1. The molecule has 0 heterocycles. The van der Waals surface area contributed by atoms with Crippen LogP contribution in [0.5, 0.6) is 5.75 Å². The molecule has 0 radical (unpaired) electrons. The molecule has 24 heavy (non-hydrogen) atoms. The van der Waals surface area contributed by atoms with Crippen molar-refractivity contribution in [3.05, 3.63) is 65.2 Å². The molecular formula is C19H21NO4. The van der Waals surface area contributed by atoms with E-state index in [2.05, 4.69) is 5.32 Å². The summed E-state index contributed by atoms with van der Waals surface area (Å²) in [6.45, 7) is 2.81. The zero-order valence-corrected chi connectivity index (χ0v) is 13.6. The third kappa shape index (κ3) is 5.43. The fourth-order valence-electron chi connectivity index (χ4n) is 2.28. The molecule has 5 nitrogen and oxygen atoms in total. The first-order valence-electron chi connectivity index (χ1n) is 7.83. The Kier molecular flexibility index (Phi) is 6.37. The van der Waals surface area contributed by atoms with Crippen LogP contribution in [0.2, 0.25) is 0 Å². The van der Waals surface area contributed by atoms with Gasteiger partial charge in [0.1, 0.15) is 12.4 Å². The van der Waals surface area contributed by atoms with E-state index in [1.165, 1.54) is 0 Å². The minimum Gasteiger partial charge on any atom is -0.492 e. The van der Waals surface area contributed by atoms with Gasteiger partial charge in [-0.15, -0.1) is 0 Å². The van der Waals surface area contributed by atoms with Crippen molar-refractivity contribution in [2.24, 2.45) is 0 Å². The number of benzene rings is 2. The number of aryl methyl sites for hydroxylation is 2. The lowest BCUT2D eigenvalue weighted by Gasteiger charge is -2.09. The second-order valence-corrected chi connectivity index (χ2v) is 5.47. The molecule has 2 rings (SSSR count). The van der Waals surface area contributed by atoms with Gasteiger partial charge in [0.15, 0.2) is 0 Å². The summed E-state index contributed by atoms with van der Waals surface area (Å²) < 4.78 is 5.53. The van der Waals surface area contributed by atoms with Crippen molar-refractivity contribution >= 4 is 11.9 Å². The maximum Gasteiger partial charge on any atom is 0.335 e. The molecule has 0 unspecified atom stereocenters. The van der Waals surface area contributed by atoms with Crippen LogP contribution < -0.4 is 10.1 Å². The average molecular weight is 327 g/mol. The lowest BCUT2D eigenvalue weighted by Crippen LogP contribution is -2.28. The topological polar surface area (TPSA) is 75.6 Å². The number of hydrogen-bond donors (Lipinski definition) is 2. The third-order valence-electron chi connectivity index (χ3n) is 3.58. The Morgan fingerprint density at radius 1 is 1.08 bits per heavy atom. The predicted molar refractivity (Wildman–Crippen MR) is 91.4 cm³/mol. The van der Waals surface area contributed by atoms with Gasteiger partial charge in [-0.1, -0.05) is 35.9 Å². The maximum absolute atomic E-state index is 11.8. The molecule has 0 spiro atoms. The van der Waals surface area contributed by atoms with Crippen molar-refractivity contribution in [1.82, 2.24) is 5.32 Å². The Labute approximate surface area is 141 Å². The molecule has 0 saturated heterocycles. The van der Waals surface area contributed by atoms with Gasteiger partial charge in [-0.2, -0.15) is 0 Å². The molecule has 0 aliphatic carbocycles. The van der Waals surface area contributed by atoms with E-state index in [0.717, 1.165) is 11.3 Å². The first-order valence-corrected chi connectivity index (χ1v) is 7.83. The van der Waals surface area contributed by atoms with Crippen molar-refractivity contribution in [2.45, 2.75) is 19.8 Å².